The fourth-order valence-corrected chi connectivity index (χ4v) is 4.64. The summed E-state index contributed by atoms with van der Waals surface area (Å²) in [5, 5.41) is 10.1. The van der Waals surface area contributed by atoms with Crippen LogP contribution in [-0.4, -0.2) is 23.5 Å². The van der Waals surface area contributed by atoms with E-state index in [0.717, 1.165) is 38.3 Å². The summed E-state index contributed by atoms with van der Waals surface area (Å²) in [4.78, 5) is 2.48. The number of rotatable bonds is 10. The van der Waals surface area contributed by atoms with Gasteiger partial charge in [-0.05, 0) is 82.1 Å². The molecule has 1 aliphatic carbocycles. The summed E-state index contributed by atoms with van der Waals surface area (Å²) in [6.07, 6.45) is 4.44. The summed E-state index contributed by atoms with van der Waals surface area (Å²) in [5.41, 5.74) is 1.21. The first-order valence-corrected chi connectivity index (χ1v) is 11.0. The smallest absolute Gasteiger partial charge is 0.159 e. The van der Waals surface area contributed by atoms with Gasteiger partial charge >= 0.3 is 0 Å². The quantitative estimate of drug-likeness (QED) is 0.462. The molecule has 1 saturated carbocycles. The molecule has 3 rings (SSSR count). The average molecular weight is 411 g/mol. The van der Waals surface area contributed by atoms with E-state index in [1.54, 1.807) is 6.07 Å². The highest BCUT2D eigenvalue weighted by Crippen LogP contribution is 2.50. The van der Waals surface area contributed by atoms with Gasteiger partial charge in [-0.15, -0.1) is 0 Å². The molecule has 0 aromatic heterocycles. The van der Waals surface area contributed by atoms with Crippen molar-refractivity contribution in [1.29, 1.82) is 5.26 Å². The molecule has 2 unspecified atom stereocenters. The zero-order chi connectivity index (χ0) is 21.7. The first-order chi connectivity index (χ1) is 14.4. The van der Waals surface area contributed by atoms with Gasteiger partial charge in [-0.25, -0.2) is 8.78 Å². The maximum absolute atomic E-state index is 13.9. The molecule has 2 aromatic rings. The molecule has 0 bridgehead atoms. The Kier molecular flexibility index (Phi) is 7.26. The average Bonchev–Trinajstić information content (AvgIpc) is 3.58. The molecule has 160 valence electrons. The maximum Gasteiger partial charge on any atom is 0.159 e. The standard InChI is InChI=1S/C26H32F2N2/c1-19(2)30(16-14-21-7-5-4-6-8-21)20(3)13-15-26(18-29,22-9-10-22)23-11-12-24(27)25(28)17-23/h4-8,11-12,17,19-20,22H,9-10,13-16H2,1-3H3. The maximum atomic E-state index is 13.9. The van der Waals surface area contributed by atoms with Gasteiger partial charge in [-0.3, -0.25) is 4.90 Å². The summed E-state index contributed by atoms with van der Waals surface area (Å²) in [5.74, 6) is -1.49. The van der Waals surface area contributed by atoms with Crippen molar-refractivity contribution >= 4 is 0 Å². The van der Waals surface area contributed by atoms with Crippen molar-refractivity contribution < 1.29 is 8.78 Å². The van der Waals surface area contributed by atoms with E-state index in [9.17, 15) is 14.0 Å². The molecular weight excluding hydrogens is 378 g/mol. The Labute approximate surface area is 179 Å². The normalized spacial score (nSPS) is 17.0. The SMILES string of the molecule is CC(C)N(CCc1ccccc1)C(C)CCC(C#N)(c1ccc(F)c(F)c1)C1CC1. The molecule has 0 saturated heterocycles. The lowest BCUT2D eigenvalue weighted by Gasteiger charge is -2.35. The molecular formula is C26H32F2N2. The molecule has 4 heteroatoms. The van der Waals surface area contributed by atoms with Gasteiger partial charge in [0.2, 0.25) is 0 Å². The largest absolute Gasteiger partial charge is 0.298 e. The molecule has 0 radical (unpaired) electrons. The summed E-state index contributed by atoms with van der Waals surface area (Å²) < 4.78 is 27.4. The molecule has 2 atom stereocenters. The predicted molar refractivity (Wildman–Crippen MR) is 117 cm³/mol. The van der Waals surface area contributed by atoms with Crippen molar-refractivity contribution in [3.05, 3.63) is 71.3 Å². The summed E-state index contributed by atoms with van der Waals surface area (Å²) in [7, 11) is 0. The molecule has 2 nitrogen and oxygen atoms in total. The Bertz CT molecular complexity index is 870. The summed E-state index contributed by atoms with van der Waals surface area (Å²) >= 11 is 0. The number of hydrogen-bond donors (Lipinski definition) is 0. The molecule has 0 heterocycles. The third-order valence-electron chi connectivity index (χ3n) is 6.60. The van der Waals surface area contributed by atoms with Gasteiger partial charge in [0.1, 0.15) is 0 Å². The van der Waals surface area contributed by atoms with Gasteiger partial charge in [-0.2, -0.15) is 5.26 Å². The van der Waals surface area contributed by atoms with E-state index in [1.165, 1.54) is 11.6 Å². The van der Waals surface area contributed by atoms with Crippen LogP contribution in [-0.2, 0) is 11.8 Å². The topological polar surface area (TPSA) is 27.0 Å². The van der Waals surface area contributed by atoms with Crippen molar-refractivity contribution in [3.63, 3.8) is 0 Å². The van der Waals surface area contributed by atoms with Gasteiger partial charge in [0.15, 0.2) is 11.6 Å². The highest BCUT2D eigenvalue weighted by Gasteiger charge is 2.47. The van der Waals surface area contributed by atoms with E-state index in [2.05, 4.69) is 56.0 Å². The van der Waals surface area contributed by atoms with Crippen molar-refractivity contribution in [2.75, 3.05) is 6.54 Å². The fraction of sp³-hybridized carbons (Fsp3) is 0.500. The van der Waals surface area contributed by atoms with Crippen molar-refractivity contribution in [2.24, 2.45) is 5.92 Å². The number of nitriles is 1. The van der Waals surface area contributed by atoms with Crippen LogP contribution < -0.4 is 0 Å². The molecule has 0 N–H and O–H groups in total. The van der Waals surface area contributed by atoms with E-state index in [0.29, 0.717) is 24.1 Å². The highest BCUT2D eigenvalue weighted by atomic mass is 19.2. The van der Waals surface area contributed by atoms with E-state index in [4.69, 9.17) is 0 Å². The Morgan fingerprint density at radius 3 is 2.33 bits per heavy atom. The number of nitrogens with zero attached hydrogens (tertiary/aromatic N) is 2. The lowest BCUT2D eigenvalue weighted by atomic mass is 9.73. The second kappa shape index (κ2) is 9.71. The lowest BCUT2D eigenvalue weighted by Crippen LogP contribution is -2.41. The minimum absolute atomic E-state index is 0.233. The van der Waals surface area contributed by atoms with Gasteiger partial charge < -0.3 is 0 Å². The second-order valence-corrected chi connectivity index (χ2v) is 8.94. The summed E-state index contributed by atoms with van der Waals surface area (Å²) in [6, 6.07) is 17.7. The van der Waals surface area contributed by atoms with Crippen LogP contribution in [0.1, 0.15) is 57.6 Å². The third kappa shape index (κ3) is 5.08. The van der Waals surface area contributed by atoms with Crippen LogP contribution in [0.4, 0.5) is 8.78 Å². The van der Waals surface area contributed by atoms with Gasteiger partial charge in [0.05, 0.1) is 11.5 Å². The van der Waals surface area contributed by atoms with Crippen LogP contribution >= 0.6 is 0 Å². The van der Waals surface area contributed by atoms with Gasteiger partial charge in [-0.1, -0.05) is 36.4 Å². The van der Waals surface area contributed by atoms with Crippen LogP contribution in [0.2, 0.25) is 0 Å². The molecule has 0 spiro atoms. The van der Waals surface area contributed by atoms with Crippen LogP contribution in [0, 0.1) is 28.9 Å². The second-order valence-electron chi connectivity index (χ2n) is 8.94. The van der Waals surface area contributed by atoms with Gasteiger partial charge in [0, 0.05) is 18.6 Å². The highest BCUT2D eigenvalue weighted by molar-refractivity contribution is 5.36. The van der Waals surface area contributed by atoms with E-state index < -0.39 is 17.0 Å². The van der Waals surface area contributed by atoms with Gasteiger partial charge in [0.25, 0.3) is 0 Å². The Hall–Kier alpha value is -2.25. The number of benzene rings is 2. The van der Waals surface area contributed by atoms with Crippen LogP contribution in [0.3, 0.4) is 0 Å². The predicted octanol–water partition coefficient (Wildman–Crippen LogP) is 6.26. The first-order valence-electron chi connectivity index (χ1n) is 11.0. The minimum atomic E-state index is -0.868. The van der Waals surface area contributed by atoms with Crippen LogP contribution in [0.15, 0.2) is 48.5 Å². The van der Waals surface area contributed by atoms with Crippen LogP contribution in [0.5, 0.6) is 0 Å². The number of halogens is 2. The lowest BCUT2D eigenvalue weighted by molar-refractivity contribution is 0.150. The molecule has 1 fully saturated rings. The monoisotopic (exact) mass is 410 g/mol. The fourth-order valence-electron chi connectivity index (χ4n) is 4.64. The van der Waals surface area contributed by atoms with Crippen LogP contribution in [0.25, 0.3) is 0 Å². The Morgan fingerprint density at radius 1 is 1.07 bits per heavy atom. The molecule has 30 heavy (non-hydrogen) atoms. The first kappa shape index (κ1) is 22.4. The Morgan fingerprint density at radius 2 is 1.77 bits per heavy atom. The minimum Gasteiger partial charge on any atom is -0.298 e. The molecule has 1 aliphatic rings. The molecule has 2 aromatic carbocycles. The summed E-state index contributed by atoms with van der Waals surface area (Å²) in [6.45, 7) is 7.58. The van der Waals surface area contributed by atoms with Crippen molar-refractivity contribution in [2.45, 2.75) is 70.4 Å². The molecule has 0 aliphatic heterocycles. The van der Waals surface area contributed by atoms with E-state index >= 15 is 0 Å². The van der Waals surface area contributed by atoms with Crippen molar-refractivity contribution in [3.8, 4) is 6.07 Å². The zero-order valence-electron chi connectivity index (χ0n) is 18.2. The molecule has 0 amide bonds. The number of hydrogen-bond acceptors (Lipinski definition) is 2. The van der Waals surface area contributed by atoms with E-state index in [1.807, 2.05) is 6.07 Å². The third-order valence-corrected chi connectivity index (χ3v) is 6.60. The zero-order valence-corrected chi connectivity index (χ0v) is 18.2. The van der Waals surface area contributed by atoms with E-state index in [-0.39, 0.29) is 5.92 Å². The van der Waals surface area contributed by atoms with Crippen molar-refractivity contribution in [1.82, 2.24) is 4.90 Å². The Balaban J connectivity index is 1.72.